The lowest BCUT2D eigenvalue weighted by molar-refractivity contribution is -0.117. The van der Waals surface area contributed by atoms with Crippen LogP contribution in [-0.4, -0.2) is 25.5 Å². The van der Waals surface area contributed by atoms with E-state index in [1.807, 2.05) is 18.2 Å². The van der Waals surface area contributed by atoms with Gasteiger partial charge in [0.2, 0.25) is 0 Å². The van der Waals surface area contributed by atoms with Gasteiger partial charge in [-0.05, 0) is 42.8 Å². The van der Waals surface area contributed by atoms with Crippen molar-refractivity contribution in [1.29, 1.82) is 0 Å². The molecule has 2 N–H and O–H groups in total. The third-order valence-corrected chi connectivity index (χ3v) is 4.24. The van der Waals surface area contributed by atoms with Crippen molar-refractivity contribution in [3.8, 4) is 11.5 Å². The van der Waals surface area contributed by atoms with Crippen molar-refractivity contribution in [2.45, 2.75) is 32.6 Å². The Bertz CT molecular complexity index is 816. The van der Waals surface area contributed by atoms with E-state index in [0.717, 1.165) is 24.2 Å². The van der Waals surface area contributed by atoms with Gasteiger partial charge in [0.15, 0.2) is 0 Å². The minimum atomic E-state index is -0.448. The van der Waals surface area contributed by atoms with E-state index in [2.05, 4.69) is 17.8 Å². The van der Waals surface area contributed by atoms with Gasteiger partial charge >= 0.3 is 0 Å². The number of hydrogen-bond acceptors (Lipinski definition) is 4. The molecule has 154 valence electrons. The molecule has 0 unspecified atom stereocenters. The number of rotatable bonds is 10. The molecular weight excluding hydrogens is 368 g/mol. The molecule has 0 saturated carbocycles. The summed E-state index contributed by atoms with van der Waals surface area (Å²) in [6.45, 7) is 2.84. The van der Waals surface area contributed by atoms with Gasteiger partial charge in [0.25, 0.3) is 11.8 Å². The van der Waals surface area contributed by atoms with E-state index in [4.69, 9.17) is 9.47 Å². The molecule has 0 spiro atoms. The van der Waals surface area contributed by atoms with Crippen LogP contribution in [0.15, 0.2) is 54.6 Å². The highest BCUT2D eigenvalue weighted by Crippen LogP contribution is 2.18. The lowest BCUT2D eigenvalue weighted by Gasteiger charge is -2.08. The maximum Gasteiger partial charge on any atom is 0.269 e. The maximum atomic E-state index is 12.2. The number of carbonyl (C=O) groups is 2. The van der Waals surface area contributed by atoms with Gasteiger partial charge in [-0.15, -0.1) is 0 Å². The Hall–Kier alpha value is -3.28. The third kappa shape index (κ3) is 7.70. The van der Waals surface area contributed by atoms with Crippen LogP contribution in [0, 0.1) is 0 Å². The van der Waals surface area contributed by atoms with Crippen molar-refractivity contribution >= 4 is 17.9 Å². The van der Waals surface area contributed by atoms with E-state index in [1.165, 1.54) is 18.9 Å². The summed E-state index contributed by atoms with van der Waals surface area (Å²) in [7, 11) is 1.57. The van der Waals surface area contributed by atoms with Crippen LogP contribution in [0.1, 0.15) is 48.5 Å². The number of ether oxygens (including phenoxy) is 2. The summed E-state index contributed by atoms with van der Waals surface area (Å²) >= 11 is 0. The van der Waals surface area contributed by atoms with Gasteiger partial charge in [-0.3, -0.25) is 20.4 Å². The molecule has 2 amide bonds. The SMILES string of the molecule is CCCCCCOc1ccc(C(=O)NNC(=O)C=Cc2ccccc2OC)cc1. The number of nitrogens with one attached hydrogen (secondary N) is 2. The Morgan fingerprint density at radius 3 is 2.45 bits per heavy atom. The van der Waals surface area contributed by atoms with Crippen LogP contribution in [0.25, 0.3) is 6.08 Å². The molecule has 0 aliphatic heterocycles. The molecule has 2 aromatic rings. The predicted octanol–water partition coefficient (Wildman–Crippen LogP) is 4.13. The van der Waals surface area contributed by atoms with Gasteiger partial charge < -0.3 is 9.47 Å². The first-order valence-electron chi connectivity index (χ1n) is 9.78. The minimum Gasteiger partial charge on any atom is -0.496 e. The average Bonchev–Trinajstić information content (AvgIpc) is 2.76. The van der Waals surface area contributed by atoms with Crippen molar-refractivity contribution in [2.24, 2.45) is 0 Å². The first-order valence-corrected chi connectivity index (χ1v) is 9.78. The Kier molecular flexibility index (Phi) is 9.29. The van der Waals surface area contributed by atoms with Gasteiger partial charge in [-0.2, -0.15) is 0 Å². The zero-order valence-corrected chi connectivity index (χ0v) is 16.9. The van der Waals surface area contributed by atoms with Gasteiger partial charge in [-0.25, -0.2) is 0 Å². The molecule has 29 heavy (non-hydrogen) atoms. The second-order valence-corrected chi connectivity index (χ2v) is 6.45. The highest BCUT2D eigenvalue weighted by molar-refractivity contribution is 5.98. The van der Waals surface area contributed by atoms with E-state index < -0.39 is 11.8 Å². The zero-order chi connectivity index (χ0) is 20.9. The van der Waals surface area contributed by atoms with Crippen molar-refractivity contribution in [3.05, 3.63) is 65.7 Å². The van der Waals surface area contributed by atoms with Gasteiger partial charge in [0.1, 0.15) is 11.5 Å². The van der Waals surface area contributed by atoms with Crippen molar-refractivity contribution in [1.82, 2.24) is 10.9 Å². The van der Waals surface area contributed by atoms with Crippen molar-refractivity contribution < 1.29 is 19.1 Å². The normalized spacial score (nSPS) is 10.6. The van der Waals surface area contributed by atoms with Crippen LogP contribution in [-0.2, 0) is 4.79 Å². The molecule has 0 fully saturated rings. The second-order valence-electron chi connectivity index (χ2n) is 6.45. The summed E-state index contributed by atoms with van der Waals surface area (Å²) in [5.74, 6) is 0.532. The first kappa shape index (κ1) is 22.0. The summed E-state index contributed by atoms with van der Waals surface area (Å²) < 4.78 is 10.9. The first-order chi connectivity index (χ1) is 14.1. The lowest BCUT2D eigenvalue weighted by Crippen LogP contribution is -2.40. The largest absolute Gasteiger partial charge is 0.496 e. The number of para-hydroxylation sites is 1. The molecule has 0 radical (unpaired) electrons. The van der Waals surface area contributed by atoms with Crippen LogP contribution in [0.5, 0.6) is 11.5 Å². The number of amides is 2. The smallest absolute Gasteiger partial charge is 0.269 e. The van der Waals surface area contributed by atoms with E-state index in [-0.39, 0.29) is 0 Å². The molecule has 6 heteroatoms. The number of hydrazine groups is 1. The topological polar surface area (TPSA) is 76.7 Å². The number of methoxy groups -OCH3 is 1. The van der Waals surface area contributed by atoms with Crippen LogP contribution in [0.2, 0.25) is 0 Å². The maximum absolute atomic E-state index is 12.2. The standard InChI is InChI=1S/C23H28N2O4/c1-3-4-5-8-17-29-20-14-11-19(12-15-20)23(27)25-24-22(26)16-13-18-9-6-7-10-21(18)28-2/h6-7,9-16H,3-5,8,17H2,1-2H3,(H,24,26)(H,25,27). The Morgan fingerprint density at radius 1 is 0.966 bits per heavy atom. The third-order valence-electron chi connectivity index (χ3n) is 4.24. The minimum absolute atomic E-state index is 0.404. The fraction of sp³-hybridized carbons (Fsp3) is 0.304. The monoisotopic (exact) mass is 396 g/mol. The summed E-state index contributed by atoms with van der Waals surface area (Å²) in [5, 5.41) is 0. The molecule has 0 atom stereocenters. The Balaban J connectivity index is 1.78. The highest BCUT2D eigenvalue weighted by atomic mass is 16.5. The molecule has 6 nitrogen and oxygen atoms in total. The molecule has 0 aliphatic carbocycles. The fourth-order valence-corrected chi connectivity index (χ4v) is 2.62. The van der Waals surface area contributed by atoms with E-state index in [0.29, 0.717) is 17.9 Å². The fourth-order valence-electron chi connectivity index (χ4n) is 2.62. The van der Waals surface area contributed by atoms with E-state index in [9.17, 15) is 9.59 Å². The second kappa shape index (κ2) is 12.2. The summed E-state index contributed by atoms with van der Waals surface area (Å²) in [4.78, 5) is 24.1. The van der Waals surface area contributed by atoms with Crippen molar-refractivity contribution in [2.75, 3.05) is 13.7 Å². The Morgan fingerprint density at radius 2 is 1.72 bits per heavy atom. The molecule has 2 rings (SSSR count). The van der Waals surface area contributed by atoms with Crippen molar-refractivity contribution in [3.63, 3.8) is 0 Å². The van der Waals surface area contributed by atoms with Crippen LogP contribution in [0.3, 0.4) is 0 Å². The van der Waals surface area contributed by atoms with Gasteiger partial charge in [-0.1, -0.05) is 44.4 Å². The Labute approximate surface area is 171 Å². The molecule has 0 heterocycles. The number of benzene rings is 2. The predicted molar refractivity (Wildman–Crippen MR) is 114 cm³/mol. The zero-order valence-electron chi connectivity index (χ0n) is 16.9. The summed E-state index contributed by atoms with van der Waals surface area (Å²) in [6.07, 6.45) is 7.52. The molecule has 0 aliphatic rings. The number of carbonyl (C=O) groups excluding carboxylic acids is 2. The van der Waals surface area contributed by atoms with Crippen LogP contribution < -0.4 is 20.3 Å². The quantitative estimate of drug-likeness (QED) is 0.360. The average molecular weight is 396 g/mol. The molecule has 0 saturated heterocycles. The van der Waals surface area contributed by atoms with E-state index >= 15 is 0 Å². The molecule has 0 bridgehead atoms. The van der Waals surface area contributed by atoms with Gasteiger partial charge in [0, 0.05) is 17.2 Å². The lowest BCUT2D eigenvalue weighted by atomic mass is 10.2. The summed E-state index contributed by atoms with van der Waals surface area (Å²) in [5.41, 5.74) is 5.94. The number of hydrogen-bond donors (Lipinski definition) is 2. The van der Waals surface area contributed by atoms with Crippen LogP contribution in [0.4, 0.5) is 0 Å². The van der Waals surface area contributed by atoms with Crippen LogP contribution >= 0.6 is 0 Å². The van der Waals surface area contributed by atoms with Gasteiger partial charge in [0.05, 0.1) is 13.7 Å². The highest BCUT2D eigenvalue weighted by Gasteiger charge is 2.07. The molecule has 2 aromatic carbocycles. The van der Waals surface area contributed by atoms with E-state index in [1.54, 1.807) is 43.5 Å². The summed E-state index contributed by atoms with van der Waals surface area (Å²) in [6, 6.07) is 14.1. The molecular formula is C23H28N2O4. The molecule has 0 aromatic heterocycles. The number of unbranched alkanes of at least 4 members (excludes halogenated alkanes) is 3.